The van der Waals surface area contributed by atoms with E-state index < -0.39 is 0 Å². The molecule has 0 aliphatic heterocycles. The van der Waals surface area contributed by atoms with E-state index >= 15 is 0 Å². The molecule has 0 saturated heterocycles. The SMILES string of the molecule is Fc1ccc(Oc2c(Br)cnc3cc(Cl)ccc23)cc1. The highest BCUT2D eigenvalue weighted by Crippen LogP contribution is 2.36. The Morgan fingerprint density at radius 2 is 1.85 bits per heavy atom. The molecule has 0 N–H and O–H groups in total. The molecule has 2 nitrogen and oxygen atoms in total. The van der Waals surface area contributed by atoms with E-state index in [1.165, 1.54) is 12.1 Å². The molecule has 20 heavy (non-hydrogen) atoms. The van der Waals surface area contributed by atoms with Gasteiger partial charge in [-0.1, -0.05) is 11.6 Å². The maximum Gasteiger partial charge on any atom is 0.152 e. The zero-order valence-electron chi connectivity index (χ0n) is 10.1. The Morgan fingerprint density at radius 3 is 2.60 bits per heavy atom. The lowest BCUT2D eigenvalue weighted by atomic mass is 10.2. The molecule has 0 saturated carbocycles. The third-order valence-electron chi connectivity index (χ3n) is 2.77. The monoisotopic (exact) mass is 351 g/mol. The van der Waals surface area contributed by atoms with E-state index in [0.717, 1.165) is 15.4 Å². The summed E-state index contributed by atoms with van der Waals surface area (Å²) in [7, 11) is 0. The summed E-state index contributed by atoms with van der Waals surface area (Å²) in [6.07, 6.45) is 1.65. The van der Waals surface area contributed by atoms with E-state index in [9.17, 15) is 4.39 Å². The molecule has 0 spiro atoms. The first-order valence-corrected chi connectivity index (χ1v) is 6.98. The van der Waals surface area contributed by atoms with Crippen molar-refractivity contribution >= 4 is 38.4 Å². The van der Waals surface area contributed by atoms with E-state index in [-0.39, 0.29) is 5.82 Å². The van der Waals surface area contributed by atoms with Gasteiger partial charge < -0.3 is 4.74 Å². The van der Waals surface area contributed by atoms with Gasteiger partial charge in [-0.25, -0.2) is 4.39 Å². The van der Waals surface area contributed by atoms with Crippen LogP contribution in [0.5, 0.6) is 11.5 Å². The first kappa shape index (κ1) is 13.3. The van der Waals surface area contributed by atoms with Gasteiger partial charge in [-0.05, 0) is 58.4 Å². The summed E-state index contributed by atoms with van der Waals surface area (Å²) >= 11 is 9.37. The van der Waals surface area contributed by atoms with Crippen LogP contribution in [0.2, 0.25) is 5.02 Å². The lowest BCUT2D eigenvalue weighted by molar-refractivity contribution is 0.482. The quantitative estimate of drug-likeness (QED) is 0.600. The van der Waals surface area contributed by atoms with Crippen molar-refractivity contribution in [3.05, 3.63) is 64.0 Å². The fraction of sp³-hybridized carbons (Fsp3) is 0. The van der Waals surface area contributed by atoms with Crippen molar-refractivity contribution in [1.29, 1.82) is 0 Å². The smallest absolute Gasteiger partial charge is 0.152 e. The Labute approximate surface area is 128 Å². The van der Waals surface area contributed by atoms with Gasteiger partial charge in [0.05, 0.1) is 9.99 Å². The lowest BCUT2D eigenvalue weighted by Crippen LogP contribution is -1.90. The second-order valence-corrected chi connectivity index (χ2v) is 5.44. The van der Waals surface area contributed by atoms with Gasteiger partial charge >= 0.3 is 0 Å². The van der Waals surface area contributed by atoms with Crippen LogP contribution in [0.4, 0.5) is 4.39 Å². The van der Waals surface area contributed by atoms with Crippen molar-refractivity contribution in [2.45, 2.75) is 0 Å². The normalized spacial score (nSPS) is 10.8. The van der Waals surface area contributed by atoms with Crippen molar-refractivity contribution < 1.29 is 9.13 Å². The highest BCUT2D eigenvalue weighted by Gasteiger charge is 2.10. The van der Waals surface area contributed by atoms with Crippen LogP contribution >= 0.6 is 27.5 Å². The fourth-order valence-corrected chi connectivity index (χ4v) is 2.40. The zero-order chi connectivity index (χ0) is 14.1. The second kappa shape index (κ2) is 5.38. The van der Waals surface area contributed by atoms with Crippen LogP contribution in [0.25, 0.3) is 10.9 Å². The van der Waals surface area contributed by atoms with Crippen LogP contribution < -0.4 is 4.74 Å². The average Bonchev–Trinajstić information content (AvgIpc) is 2.44. The maximum absolute atomic E-state index is 12.9. The summed E-state index contributed by atoms with van der Waals surface area (Å²) in [6, 6.07) is 11.2. The summed E-state index contributed by atoms with van der Waals surface area (Å²) in [5.74, 6) is 0.871. The van der Waals surface area contributed by atoms with Gasteiger partial charge in [0, 0.05) is 16.6 Å². The number of hydrogen-bond donors (Lipinski definition) is 0. The predicted octanol–water partition coefficient (Wildman–Crippen LogP) is 5.58. The van der Waals surface area contributed by atoms with Gasteiger partial charge in [-0.15, -0.1) is 0 Å². The van der Waals surface area contributed by atoms with Crippen molar-refractivity contribution in [3.63, 3.8) is 0 Å². The molecule has 0 fully saturated rings. The molecule has 0 unspecified atom stereocenters. The molecule has 3 rings (SSSR count). The molecule has 3 aromatic rings. The minimum absolute atomic E-state index is 0.303. The molecule has 0 amide bonds. The van der Waals surface area contributed by atoms with Crippen LogP contribution in [0.15, 0.2) is 53.1 Å². The Bertz CT molecular complexity index is 777. The highest BCUT2D eigenvalue weighted by molar-refractivity contribution is 9.10. The van der Waals surface area contributed by atoms with Gasteiger partial charge in [0.2, 0.25) is 0 Å². The largest absolute Gasteiger partial charge is 0.455 e. The number of aromatic nitrogens is 1. The molecule has 5 heteroatoms. The Hall–Kier alpha value is -1.65. The highest BCUT2D eigenvalue weighted by atomic mass is 79.9. The number of fused-ring (bicyclic) bond motifs is 1. The molecule has 1 heterocycles. The van der Waals surface area contributed by atoms with E-state index in [4.69, 9.17) is 16.3 Å². The van der Waals surface area contributed by atoms with Gasteiger partial charge in [-0.2, -0.15) is 0 Å². The molecule has 0 aliphatic carbocycles. The predicted molar refractivity (Wildman–Crippen MR) is 80.9 cm³/mol. The topological polar surface area (TPSA) is 22.1 Å². The number of ether oxygens (including phenoxy) is 1. The summed E-state index contributed by atoms with van der Waals surface area (Å²) in [5, 5.41) is 1.44. The summed E-state index contributed by atoms with van der Waals surface area (Å²) < 4.78 is 19.5. The number of pyridine rings is 1. The fourth-order valence-electron chi connectivity index (χ4n) is 1.84. The van der Waals surface area contributed by atoms with Gasteiger partial charge in [-0.3, -0.25) is 4.98 Å². The third-order valence-corrected chi connectivity index (χ3v) is 3.57. The van der Waals surface area contributed by atoms with E-state index in [1.54, 1.807) is 30.5 Å². The van der Waals surface area contributed by atoms with Crippen molar-refractivity contribution in [3.8, 4) is 11.5 Å². The van der Waals surface area contributed by atoms with Crippen molar-refractivity contribution in [2.24, 2.45) is 0 Å². The minimum atomic E-state index is -0.303. The molecule has 100 valence electrons. The number of nitrogens with zero attached hydrogens (tertiary/aromatic N) is 1. The number of halogens is 3. The van der Waals surface area contributed by atoms with Gasteiger partial charge in [0.25, 0.3) is 0 Å². The second-order valence-electron chi connectivity index (χ2n) is 4.15. The van der Waals surface area contributed by atoms with Crippen LogP contribution in [-0.4, -0.2) is 4.98 Å². The Balaban J connectivity index is 2.10. The molecule has 0 radical (unpaired) electrons. The van der Waals surface area contributed by atoms with E-state index in [0.29, 0.717) is 16.5 Å². The molecule has 0 atom stereocenters. The first-order chi connectivity index (χ1) is 9.63. The standard InChI is InChI=1S/C15H8BrClFNO/c16-13-8-19-14-7-9(17)1-6-12(14)15(13)20-11-4-2-10(18)3-5-11/h1-8H. The summed E-state index contributed by atoms with van der Waals surface area (Å²) in [5.41, 5.74) is 0.734. The van der Waals surface area contributed by atoms with Crippen molar-refractivity contribution in [1.82, 2.24) is 4.98 Å². The number of hydrogen-bond acceptors (Lipinski definition) is 2. The summed E-state index contributed by atoms with van der Waals surface area (Å²) in [6.45, 7) is 0. The maximum atomic E-state index is 12.9. The molecule has 1 aromatic heterocycles. The molecular formula is C15H8BrClFNO. The number of rotatable bonds is 2. The lowest BCUT2D eigenvalue weighted by Gasteiger charge is -2.10. The molecule has 0 aliphatic rings. The van der Waals surface area contributed by atoms with Crippen LogP contribution in [-0.2, 0) is 0 Å². The minimum Gasteiger partial charge on any atom is -0.455 e. The number of benzene rings is 2. The van der Waals surface area contributed by atoms with E-state index in [2.05, 4.69) is 20.9 Å². The Morgan fingerprint density at radius 1 is 1.10 bits per heavy atom. The molecular weight excluding hydrogens is 345 g/mol. The van der Waals surface area contributed by atoms with Crippen LogP contribution in [0, 0.1) is 5.82 Å². The van der Waals surface area contributed by atoms with Gasteiger partial charge in [0.1, 0.15) is 11.6 Å². The molecule has 0 bridgehead atoms. The third kappa shape index (κ3) is 2.62. The van der Waals surface area contributed by atoms with Gasteiger partial charge in [0.15, 0.2) is 5.75 Å². The van der Waals surface area contributed by atoms with Crippen LogP contribution in [0.1, 0.15) is 0 Å². The first-order valence-electron chi connectivity index (χ1n) is 5.81. The molecule has 2 aromatic carbocycles. The average molecular weight is 353 g/mol. The van der Waals surface area contributed by atoms with Crippen LogP contribution in [0.3, 0.4) is 0 Å². The Kier molecular flexibility index (Phi) is 3.59. The summed E-state index contributed by atoms with van der Waals surface area (Å²) in [4.78, 5) is 4.29. The van der Waals surface area contributed by atoms with Crippen molar-refractivity contribution in [2.75, 3.05) is 0 Å². The zero-order valence-corrected chi connectivity index (χ0v) is 12.5. The van der Waals surface area contributed by atoms with E-state index in [1.807, 2.05) is 6.07 Å².